The van der Waals surface area contributed by atoms with E-state index >= 15 is 0 Å². The SMILES string of the molecule is NCc1nc(C(=O)Nc2cccc(CS(=O)C3CCCCC3)c2)cs1. The number of thiazole rings is 1. The van der Waals surface area contributed by atoms with Crippen molar-refractivity contribution in [2.75, 3.05) is 5.32 Å². The molecule has 2 aromatic rings. The molecule has 3 rings (SSSR count). The van der Waals surface area contributed by atoms with Crippen LogP contribution in [0.25, 0.3) is 0 Å². The molecule has 5 nitrogen and oxygen atoms in total. The van der Waals surface area contributed by atoms with Crippen LogP contribution in [0.2, 0.25) is 0 Å². The van der Waals surface area contributed by atoms with Gasteiger partial charge >= 0.3 is 0 Å². The Bertz CT molecular complexity index is 754. The molecule has 1 saturated carbocycles. The van der Waals surface area contributed by atoms with E-state index in [2.05, 4.69) is 10.3 Å². The molecule has 1 unspecified atom stereocenters. The first-order chi connectivity index (χ1) is 12.2. The second-order valence-electron chi connectivity index (χ2n) is 6.27. The van der Waals surface area contributed by atoms with E-state index in [0.29, 0.717) is 28.9 Å². The molecule has 1 fully saturated rings. The maximum absolute atomic E-state index is 12.6. The van der Waals surface area contributed by atoms with Gasteiger partial charge in [-0.3, -0.25) is 9.00 Å². The van der Waals surface area contributed by atoms with E-state index in [1.165, 1.54) is 30.6 Å². The Kier molecular flexibility index (Phi) is 6.34. The van der Waals surface area contributed by atoms with Crippen LogP contribution < -0.4 is 11.1 Å². The van der Waals surface area contributed by atoms with Gasteiger partial charge in [-0.25, -0.2) is 4.98 Å². The number of anilines is 1. The number of benzene rings is 1. The van der Waals surface area contributed by atoms with E-state index in [4.69, 9.17) is 5.73 Å². The number of nitrogens with two attached hydrogens (primary N) is 1. The summed E-state index contributed by atoms with van der Waals surface area (Å²) >= 11 is 1.38. The van der Waals surface area contributed by atoms with Gasteiger partial charge < -0.3 is 11.1 Å². The summed E-state index contributed by atoms with van der Waals surface area (Å²) in [5.74, 6) is 0.295. The fourth-order valence-electron chi connectivity index (χ4n) is 3.05. The summed E-state index contributed by atoms with van der Waals surface area (Å²) in [6.07, 6.45) is 5.76. The van der Waals surface area contributed by atoms with Crippen LogP contribution in [0.4, 0.5) is 5.69 Å². The number of aromatic nitrogens is 1. The van der Waals surface area contributed by atoms with Crippen molar-refractivity contribution < 1.29 is 9.00 Å². The number of hydrogen-bond acceptors (Lipinski definition) is 5. The highest BCUT2D eigenvalue weighted by atomic mass is 32.2. The van der Waals surface area contributed by atoms with Gasteiger partial charge in [0.05, 0.1) is 0 Å². The van der Waals surface area contributed by atoms with Crippen LogP contribution in [-0.2, 0) is 23.1 Å². The smallest absolute Gasteiger partial charge is 0.275 e. The van der Waals surface area contributed by atoms with Gasteiger partial charge in [-0.15, -0.1) is 11.3 Å². The number of amides is 1. The molecule has 0 spiro atoms. The third-order valence-electron chi connectivity index (χ3n) is 4.38. The number of carbonyl (C=O) groups is 1. The average Bonchev–Trinajstić information content (AvgIpc) is 3.12. The summed E-state index contributed by atoms with van der Waals surface area (Å²) in [6, 6.07) is 7.58. The highest BCUT2D eigenvalue weighted by molar-refractivity contribution is 7.84. The summed E-state index contributed by atoms with van der Waals surface area (Å²) < 4.78 is 12.6. The number of nitrogens with one attached hydrogen (secondary N) is 1. The largest absolute Gasteiger partial charge is 0.325 e. The molecule has 1 aromatic heterocycles. The van der Waals surface area contributed by atoms with Crippen molar-refractivity contribution in [1.82, 2.24) is 4.98 Å². The maximum atomic E-state index is 12.6. The van der Waals surface area contributed by atoms with Gasteiger partial charge in [-0.1, -0.05) is 31.4 Å². The van der Waals surface area contributed by atoms with Crippen molar-refractivity contribution >= 4 is 33.7 Å². The molecule has 1 amide bonds. The lowest BCUT2D eigenvalue weighted by atomic mass is 10.0. The summed E-state index contributed by atoms with van der Waals surface area (Å²) in [7, 11) is -0.850. The predicted molar refractivity (Wildman–Crippen MR) is 103 cm³/mol. The molecule has 0 bridgehead atoms. The minimum atomic E-state index is -0.850. The summed E-state index contributed by atoms with van der Waals surface area (Å²) in [4.78, 5) is 16.4. The molecule has 1 aromatic carbocycles. The Morgan fingerprint density at radius 3 is 2.84 bits per heavy atom. The van der Waals surface area contributed by atoms with E-state index in [1.807, 2.05) is 24.3 Å². The number of nitrogens with zero attached hydrogens (tertiary/aromatic N) is 1. The van der Waals surface area contributed by atoms with E-state index in [9.17, 15) is 9.00 Å². The van der Waals surface area contributed by atoms with Crippen LogP contribution in [0.15, 0.2) is 29.6 Å². The normalized spacial score (nSPS) is 16.5. The number of carbonyl (C=O) groups excluding carboxylic acids is 1. The topological polar surface area (TPSA) is 85.1 Å². The van der Waals surface area contributed by atoms with Crippen LogP contribution in [-0.4, -0.2) is 20.3 Å². The summed E-state index contributed by atoms with van der Waals surface area (Å²) in [5, 5.41) is 5.62. The van der Waals surface area contributed by atoms with Crippen LogP contribution in [0.3, 0.4) is 0 Å². The number of rotatable bonds is 6. The fourth-order valence-corrected chi connectivity index (χ4v) is 5.31. The van der Waals surface area contributed by atoms with Gasteiger partial charge in [0.2, 0.25) is 0 Å². The second-order valence-corrected chi connectivity index (χ2v) is 8.93. The van der Waals surface area contributed by atoms with Crippen molar-refractivity contribution in [1.29, 1.82) is 0 Å². The lowest BCUT2D eigenvalue weighted by molar-refractivity contribution is 0.102. The Hall–Kier alpha value is -1.57. The molecule has 0 saturated heterocycles. The standard InChI is InChI=1S/C18H23N3O2S2/c19-10-17-21-16(11-24-17)18(22)20-14-6-4-5-13(9-14)12-25(23)15-7-2-1-3-8-15/h4-6,9,11,15H,1-3,7-8,10,12,19H2,(H,20,22). The zero-order chi connectivity index (χ0) is 17.6. The zero-order valence-electron chi connectivity index (χ0n) is 14.1. The van der Waals surface area contributed by atoms with Gasteiger partial charge in [0.25, 0.3) is 5.91 Å². The molecule has 25 heavy (non-hydrogen) atoms. The monoisotopic (exact) mass is 377 g/mol. The molecular formula is C18H23N3O2S2. The first-order valence-corrected chi connectivity index (χ1v) is 10.8. The van der Waals surface area contributed by atoms with Crippen molar-refractivity contribution in [2.24, 2.45) is 5.73 Å². The maximum Gasteiger partial charge on any atom is 0.275 e. The predicted octanol–water partition coefficient (Wildman–Crippen LogP) is 3.44. The van der Waals surface area contributed by atoms with Crippen LogP contribution in [0.5, 0.6) is 0 Å². The molecule has 1 heterocycles. The molecule has 7 heteroatoms. The van der Waals surface area contributed by atoms with Crippen molar-refractivity contribution in [3.05, 3.63) is 45.9 Å². The average molecular weight is 378 g/mol. The molecule has 1 aliphatic rings. The Labute approximate surface area is 154 Å². The lowest BCUT2D eigenvalue weighted by Gasteiger charge is -2.21. The fraction of sp³-hybridized carbons (Fsp3) is 0.444. The van der Waals surface area contributed by atoms with Crippen LogP contribution >= 0.6 is 11.3 Å². The molecular weight excluding hydrogens is 354 g/mol. The Balaban J connectivity index is 1.62. The minimum Gasteiger partial charge on any atom is -0.325 e. The zero-order valence-corrected chi connectivity index (χ0v) is 15.7. The van der Waals surface area contributed by atoms with Crippen molar-refractivity contribution in [3.8, 4) is 0 Å². The van der Waals surface area contributed by atoms with Crippen LogP contribution in [0.1, 0.15) is 53.2 Å². The van der Waals surface area contributed by atoms with Gasteiger partial charge in [0, 0.05) is 39.4 Å². The Morgan fingerprint density at radius 1 is 1.32 bits per heavy atom. The Morgan fingerprint density at radius 2 is 2.12 bits per heavy atom. The van der Waals surface area contributed by atoms with Crippen molar-refractivity contribution in [2.45, 2.75) is 49.7 Å². The molecule has 3 N–H and O–H groups in total. The van der Waals surface area contributed by atoms with Crippen LogP contribution in [0, 0.1) is 0 Å². The van der Waals surface area contributed by atoms with E-state index in [0.717, 1.165) is 23.4 Å². The highest BCUT2D eigenvalue weighted by Crippen LogP contribution is 2.24. The molecule has 0 radical (unpaired) electrons. The van der Waals surface area contributed by atoms with Gasteiger partial charge in [0.1, 0.15) is 10.7 Å². The quantitative estimate of drug-likeness (QED) is 0.807. The first kappa shape index (κ1) is 18.2. The molecule has 134 valence electrons. The molecule has 1 atom stereocenters. The highest BCUT2D eigenvalue weighted by Gasteiger charge is 2.20. The summed E-state index contributed by atoms with van der Waals surface area (Å²) in [5.41, 5.74) is 7.60. The number of hydrogen-bond donors (Lipinski definition) is 2. The molecule has 1 aliphatic carbocycles. The minimum absolute atomic E-state index is 0.249. The second kappa shape index (κ2) is 8.69. The van der Waals surface area contributed by atoms with E-state index in [-0.39, 0.29) is 5.91 Å². The van der Waals surface area contributed by atoms with Crippen molar-refractivity contribution in [3.63, 3.8) is 0 Å². The third kappa shape index (κ3) is 4.96. The van der Waals surface area contributed by atoms with E-state index in [1.54, 1.807) is 5.38 Å². The van der Waals surface area contributed by atoms with Gasteiger partial charge in [-0.05, 0) is 30.5 Å². The van der Waals surface area contributed by atoms with Gasteiger partial charge in [-0.2, -0.15) is 0 Å². The first-order valence-electron chi connectivity index (χ1n) is 8.57. The molecule has 0 aliphatic heterocycles. The van der Waals surface area contributed by atoms with Gasteiger partial charge in [0.15, 0.2) is 0 Å². The lowest BCUT2D eigenvalue weighted by Crippen LogP contribution is -2.20. The van der Waals surface area contributed by atoms with E-state index < -0.39 is 10.8 Å². The third-order valence-corrected chi connectivity index (χ3v) is 7.08. The summed E-state index contributed by atoms with van der Waals surface area (Å²) in [6.45, 7) is 0.334.